The van der Waals surface area contributed by atoms with Gasteiger partial charge in [0.2, 0.25) is 0 Å². The van der Waals surface area contributed by atoms with Crippen LogP contribution in [0.15, 0.2) is 243 Å². The zero-order valence-electron chi connectivity index (χ0n) is 56.2. The van der Waals surface area contributed by atoms with Gasteiger partial charge in [-0.1, -0.05) is 293 Å². The summed E-state index contributed by atoms with van der Waals surface area (Å²) in [5.41, 5.74) is 30.4. The highest BCUT2D eigenvalue weighted by Gasteiger charge is 2.45. The van der Waals surface area contributed by atoms with Crippen molar-refractivity contribution in [2.45, 2.75) is 156 Å². The van der Waals surface area contributed by atoms with Crippen molar-refractivity contribution in [1.82, 2.24) is 4.57 Å². The molecule has 2 aliphatic rings. The Kier molecular flexibility index (Phi) is 19.3. The van der Waals surface area contributed by atoms with Crippen molar-refractivity contribution in [1.29, 1.82) is 0 Å². The second-order valence-electron chi connectivity index (χ2n) is 26.9. The average Bonchev–Trinajstić information content (AvgIpc) is 0.736. The third-order valence-corrected chi connectivity index (χ3v) is 20.5. The molecule has 1 aromatic heterocycles. The molecule has 0 N–H and O–H groups in total. The third kappa shape index (κ3) is 12.5. The predicted molar refractivity (Wildman–Crippen MR) is 408 cm³/mol. The van der Waals surface area contributed by atoms with E-state index in [1.54, 1.807) is 0 Å². The van der Waals surface area contributed by atoms with Crippen molar-refractivity contribution in [2.75, 3.05) is 9.80 Å². The van der Waals surface area contributed by atoms with Gasteiger partial charge in [0, 0.05) is 61.5 Å². The minimum Gasteiger partial charge on any atom is -0.310 e. The fraction of sp³-hybridized carbons (Fsp3) is 0.267. The van der Waals surface area contributed by atoms with E-state index >= 15 is 0 Å². The first-order chi connectivity index (χ1) is 46.5. The molecular formula is C90H92BN3. The highest BCUT2D eigenvalue weighted by atomic mass is 15.2. The molecule has 0 bridgehead atoms. The van der Waals surface area contributed by atoms with Crippen molar-refractivity contribution in [3.05, 3.63) is 265 Å². The van der Waals surface area contributed by atoms with Crippen molar-refractivity contribution in [3.8, 4) is 50.2 Å². The summed E-state index contributed by atoms with van der Waals surface area (Å²) >= 11 is 0. The number of rotatable bonds is 27. The van der Waals surface area contributed by atoms with Crippen LogP contribution in [0.5, 0.6) is 0 Å². The van der Waals surface area contributed by atoms with Crippen LogP contribution in [-0.2, 0) is 25.7 Å². The van der Waals surface area contributed by atoms with Gasteiger partial charge in [-0.15, -0.1) is 0 Å². The Morgan fingerprint density at radius 3 is 1.01 bits per heavy atom. The summed E-state index contributed by atoms with van der Waals surface area (Å²) < 4.78 is 2.62. The smallest absolute Gasteiger partial charge is 0.252 e. The molecular weight excluding hydrogens is 1130 g/mol. The number of nitrogens with zero attached hydrogens (tertiary/aromatic N) is 3. The lowest BCUT2D eigenvalue weighted by Gasteiger charge is -2.46. The lowest BCUT2D eigenvalue weighted by atomic mass is 9.33. The van der Waals surface area contributed by atoms with Gasteiger partial charge in [0.25, 0.3) is 6.71 Å². The van der Waals surface area contributed by atoms with Crippen LogP contribution < -0.4 is 26.2 Å². The topological polar surface area (TPSA) is 11.4 Å². The van der Waals surface area contributed by atoms with Crippen molar-refractivity contribution < 1.29 is 0 Å². The molecule has 12 aromatic rings. The first kappa shape index (κ1) is 62.3. The van der Waals surface area contributed by atoms with Gasteiger partial charge in [-0.05, 0) is 167 Å². The number of aryl methyl sites for hydroxylation is 4. The zero-order chi connectivity index (χ0) is 63.7. The van der Waals surface area contributed by atoms with Gasteiger partial charge in [-0.3, -0.25) is 0 Å². The molecule has 0 amide bonds. The first-order valence-electron chi connectivity index (χ1n) is 36.1. The largest absolute Gasteiger partial charge is 0.310 e. The van der Waals surface area contributed by atoms with E-state index in [-0.39, 0.29) is 6.71 Å². The third-order valence-electron chi connectivity index (χ3n) is 20.5. The lowest BCUT2D eigenvalue weighted by molar-refractivity contribution is 0.667. The van der Waals surface area contributed by atoms with Crippen molar-refractivity contribution >= 4 is 79.0 Å². The Morgan fingerprint density at radius 2 is 0.617 bits per heavy atom. The molecule has 2 aliphatic heterocycles. The maximum atomic E-state index is 2.76. The zero-order valence-corrected chi connectivity index (χ0v) is 56.2. The molecule has 3 nitrogen and oxygen atoms in total. The van der Waals surface area contributed by atoms with Crippen LogP contribution in [0.4, 0.5) is 34.1 Å². The van der Waals surface area contributed by atoms with Crippen LogP contribution >= 0.6 is 0 Å². The quantitative estimate of drug-likeness (QED) is 0.0376. The summed E-state index contributed by atoms with van der Waals surface area (Å²) in [6, 6.07) is 94.3. The average molecular weight is 1230 g/mol. The lowest BCUT2D eigenvalue weighted by Crippen LogP contribution is -2.61. The Labute approximate surface area is 561 Å². The highest BCUT2D eigenvalue weighted by Crippen LogP contribution is 2.53. The van der Waals surface area contributed by atoms with Crippen LogP contribution in [0.2, 0.25) is 0 Å². The molecule has 0 fully saturated rings. The van der Waals surface area contributed by atoms with E-state index in [0.29, 0.717) is 0 Å². The highest BCUT2D eigenvalue weighted by molar-refractivity contribution is 7.00. The molecule has 0 spiro atoms. The van der Waals surface area contributed by atoms with Gasteiger partial charge in [-0.2, -0.15) is 0 Å². The van der Waals surface area contributed by atoms with E-state index in [2.05, 4.69) is 285 Å². The van der Waals surface area contributed by atoms with E-state index in [4.69, 9.17) is 0 Å². The molecule has 0 radical (unpaired) electrons. The SMILES string of the molecule is CCCCCCc1ccc2c(c1)N(c1c(-c3ccccc3)cccc1-c1ccccc1)c1cc(CCCCCC)cc3c1B2c1ccc(-n2c4ccc(CCCCCC)cc4c4cc(CCCCCC)ccc42)cc1N3c1c(-c2ccccc2)cccc1-c1ccccc1. The number of fused-ring (bicyclic) bond motifs is 7. The standard InChI is InChI=1S/C90H92BN3/c1-5-9-13-21-35-65-52-57-82-78(59-65)79-60-66(36-22-14-10-6-2)53-58-83(79)92(82)73-54-56-81-85(64-73)94(90-76(71-43-29-19-30-44-71)49-34-50-77(90)72-45-31-20-32-46-72)87-63-68(38-24-16-12-8-4)62-86-88(87)91(81)80-55-51-67(37-23-15-11-7-3)61-84(80)93(86)89-74(69-39-25-17-26-40-69)47-33-48-75(89)70-41-27-18-28-42-70/h17-20,25-34,39-64H,5-16,21-24,35-38H2,1-4H3. The summed E-state index contributed by atoms with van der Waals surface area (Å²) in [6.07, 6.45) is 23.9. The van der Waals surface area contributed by atoms with Gasteiger partial charge < -0.3 is 14.4 Å². The summed E-state index contributed by atoms with van der Waals surface area (Å²) in [4.78, 5) is 5.52. The number of benzene rings is 11. The number of hydrogen-bond donors (Lipinski definition) is 0. The number of para-hydroxylation sites is 2. The molecule has 470 valence electrons. The van der Waals surface area contributed by atoms with Gasteiger partial charge in [0.05, 0.1) is 22.4 Å². The number of unbranched alkanes of at least 4 members (excludes halogenated alkanes) is 12. The minimum absolute atomic E-state index is 0.0864. The Hall–Kier alpha value is -9.12. The molecule has 11 aromatic carbocycles. The van der Waals surface area contributed by atoms with Crippen LogP contribution in [-0.4, -0.2) is 11.3 Å². The summed E-state index contributed by atoms with van der Waals surface area (Å²) in [7, 11) is 0. The number of hydrogen-bond acceptors (Lipinski definition) is 2. The molecule has 0 unspecified atom stereocenters. The second-order valence-corrected chi connectivity index (χ2v) is 26.9. The van der Waals surface area contributed by atoms with Gasteiger partial charge in [0.15, 0.2) is 0 Å². The van der Waals surface area contributed by atoms with Crippen LogP contribution in [0, 0.1) is 0 Å². The van der Waals surface area contributed by atoms with Crippen molar-refractivity contribution in [3.63, 3.8) is 0 Å². The molecule has 0 saturated carbocycles. The molecule has 14 rings (SSSR count). The van der Waals surface area contributed by atoms with E-state index in [1.165, 1.54) is 241 Å². The number of anilines is 6. The fourth-order valence-corrected chi connectivity index (χ4v) is 15.7. The molecule has 3 heterocycles. The first-order valence-corrected chi connectivity index (χ1v) is 36.1. The van der Waals surface area contributed by atoms with E-state index in [1.807, 2.05) is 0 Å². The fourth-order valence-electron chi connectivity index (χ4n) is 15.7. The molecule has 0 aliphatic carbocycles. The molecule has 0 saturated heterocycles. The van der Waals surface area contributed by atoms with Gasteiger partial charge >= 0.3 is 0 Å². The van der Waals surface area contributed by atoms with Crippen LogP contribution in [0.3, 0.4) is 0 Å². The Bertz CT molecular complexity index is 4380. The Balaban J connectivity index is 1.09. The van der Waals surface area contributed by atoms with E-state index < -0.39 is 0 Å². The maximum Gasteiger partial charge on any atom is 0.252 e. The summed E-state index contributed by atoms with van der Waals surface area (Å²) in [6.45, 7) is 9.20. The minimum atomic E-state index is -0.0864. The monoisotopic (exact) mass is 1230 g/mol. The summed E-state index contributed by atoms with van der Waals surface area (Å²) in [5, 5.41) is 2.71. The summed E-state index contributed by atoms with van der Waals surface area (Å²) in [5.74, 6) is 0. The van der Waals surface area contributed by atoms with Crippen LogP contribution in [0.1, 0.15) is 153 Å². The number of aromatic nitrogens is 1. The maximum absolute atomic E-state index is 2.76. The van der Waals surface area contributed by atoms with Crippen LogP contribution in [0.25, 0.3) is 72.0 Å². The molecule has 0 atom stereocenters. The normalized spacial score (nSPS) is 12.4. The molecule has 94 heavy (non-hydrogen) atoms. The van der Waals surface area contributed by atoms with Gasteiger partial charge in [0.1, 0.15) is 0 Å². The van der Waals surface area contributed by atoms with E-state index in [0.717, 1.165) is 32.1 Å². The Morgan fingerprint density at radius 1 is 0.277 bits per heavy atom. The van der Waals surface area contributed by atoms with Crippen molar-refractivity contribution in [2.24, 2.45) is 0 Å². The molecule has 4 heteroatoms. The van der Waals surface area contributed by atoms with Gasteiger partial charge in [-0.25, -0.2) is 0 Å². The van der Waals surface area contributed by atoms with E-state index in [9.17, 15) is 0 Å². The predicted octanol–water partition coefficient (Wildman–Crippen LogP) is 24.0. The second kappa shape index (κ2) is 29.0.